The summed E-state index contributed by atoms with van der Waals surface area (Å²) in [6, 6.07) is 11.5. The van der Waals surface area contributed by atoms with Crippen LogP contribution >= 0.6 is 12.4 Å². The van der Waals surface area contributed by atoms with Crippen LogP contribution in [0.5, 0.6) is 5.75 Å². The van der Waals surface area contributed by atoms with E-state index in [1.165, 1.54) is 17.0 Å². The number of alkyl halides is 3. The number of carbonyl (C=O) groups excluding carboxylic acids is 2. The molecule has 190 valence electrons. The molecule has 0 bridgehead atoms. The van der Waals surface area contributed by atoms with Gasteiger partial charge < -0.3 is 25.2 Å². The standard InChI is InChI=1S/C24H27F3N4O3.ClH/c1-34-20-8-2-17(3-9-20)14-31-22(33)30(16-23(31)10-12-28-13-11-23)15-21(32)29-19-6-4-18(5-7-19)24(25,26)27;/h2-9,28H,10-16H2,1H3,(H,29,32);1H. The second-order valence-corrected chi connectivity index (χ2v) is 8.67. The zero-order valence-electron chi connectivity index (χ0n) is 19.2. The first kappa shape index (κ1) is 26.6. The summed E-state index contributed by atoms with van der Waals surface area (Å²) in [7, 11) is 1.59. The Kier molecular flexibility index (Phi) is 8.17. The van der Waals surface area contributed by atoms with Crippen LogP contribution in [0, 0.1) is 0 Å². The molecule has 2 aliphatic heterocycles. The van der Waals surface area contributed by atoms with Crippen LogP contribution in [0.4, 0.5) is 23.7 Å². The number of hydrogen-bond acceptors (Lipinski definition) is 4. The van der Waals surface area contributed by atoms with Crippen molar-refractivity contribution in [3.8, 4) is 5.75 Å². The third-order valence-corrected chi connectivity index (χ3v) is 6.42. The van der Waals surface area contributed by atoms with E-state index >= 15 is 0 Å². The molecule has 2 saturated heterocycles. The van der Waals surface area contributed by atoms with Gasteiger partial charge in [-0.3, -0.25) is 4.79 Å². The minimum Gasteiger partial charge on any atom is -0.497 e. The molecule has 35 heavy (non-hydrogen) atoms. The van der Waals surface area contributed by atoms with Crippen LogP contribution < -0.4 is 15.4 Å². The van der Waals surface area contributed by atoms with Crippen molar-refractivity contribution in [2.45, 2.75) is 31.1 Å². The van der Waals surface area contributed by atoms with Crippen molar-refractivity contribution < 1.29 is 27.5 Å². The molecule has 11 heteroatoms. The minimum atomic E-state index is -4.44. The van der Waals surface area contributed by atoms with Crippen LogP contribution in [0.3, 0.4) is 0 Å². The van der Waals surface area contributed by atoms with E-state index < -0.39 is 17.6 Å². The molecular weight excluding hydrogens is 485 g/mol. The molecule has 2 aliphatic rings. The molecule has 2 aromatic carbocycles. The van der Waals surface area contributed by atoms with E-state index in [0.717, 1.165) is 49.4 Å². The summed E-state index contributed by atoms with van der Waals surface area (Å²) in [6.45, 7) is 2.22. The van der Waals surface area contributed by atoms with Crippen molar-refractivity contribution >= 4 is 30.0 Å². The number of carbonyl (C=O) groups is 2. The fraction of sp³-hybridized carbons (Fsp3) is 0.417. The van der Waals surface area contributed by atoms with E-state index in [9.17, 15) is 22.8 Å². The maximum atomic E-state index is 13.4. The Morgan fingerprint density at radius 1 is 1.09 bits per heavy atom. The Morgan fingerprint density at radius 3 is 2.29 bits per heavy atom. The highest BCUT2D eigenvalue weighted by Crippen LogP contribution is 2.36. The Hall–Kier alpha value is -2.98. The summed E-state index contributed by atoms with van der Waals surface area (Å²) in [5.74, 6) is 0.276. The van der Waals surface area contributed by atoms with Crippen LogP contribution in [-0.4, -0.2) is 60.6 Å². The van der Waals surface area contributed by atoms with Gasteiger partial charge in [-0.2, -0.15) is 13.2 Å². The molecule has 2 aromatic rings. The normalized spacial score (nSPS) is 17.3. The second-order valence-electron chi connectivity index (χ2n) is 8.67. The zero-order chi connectivity index (χ0) is 24.3. The molecule has 0 aromatic heterocycles. The van der Waals surface area contributed by atoms with Crippen molar-refractivity contribution in [3.05, 3.63) is 59.7 Å². The summed E-state index contributed by atoms with van der Waals surface area (Å²) in [6.07, 6.45) is -2.90. The van der Waals surface area contributed by atoms with Gasteiger partial charge in [-0.25, -0.2) is 4.79 Å². The predicted octanol–water partition coefficient (Wildman–Crippen LogP) is 4.13. The molecule has 3 amide bonds. The molecular formula is C24H28ClF3N4O3. The third-order valence-electron chi connectivity index (χ3n) is 6.42. The molecule has 0 saturated carbocycles. The number of amides is 3. The van der Waals surface area contributed by atoms with E-state index in [1.807, 2.05) is 29.2 Å². The Bertz CT molecular complexity index is 1030. The minimum absolute atomic E-state index is 0. The molecule has 0 aliphatic carbocycles. The van der Waals surface area contributed by atoms with Gasteiger partial charge in [-0.15, -0.1) is 12.4 Å². The fourth-order valence-corrected chi connectivity index (χ4v) is 4.59. The average molecular weight is 513 g/mol. The first-order valence-corrected chi connectivity index (χ1v) is 11.1. The lowest BCUT2D eigenvalue weighted by atomic mass is 9.87. The van der Waals surface area contributed by atoms with Crippen LogP contribution in [0.1, 0.15) is 24.0 Å². The van der Waals surface area contributed by atoms with Crippen molar-refractivity contribution in [2.75, 3.05) is 38.6 Å². The van der Waals surface area contributed by atoms with Gasteiger partial charge in [0.05, 0.1) is 18.2 Å². The van der Waals surface area contributed by atoms with Crippen molar-refractivity contribution in [2.24, 2.45) is 0 Å². The summed E-state index contributed by atoms with van der Waals surface area (Å²) >= 11 is 0. The van der Waals surface area contributed by atoms with Crippen LogP contribution in [0.2, 0.25) is 0 Å². The number of nitrogens with zero attached hydrogens (tertiary/aromatic N) is 2. The monoisotopic (exact) mass is 512 g/mol. The van der Waals surface area contributed by atoms with Gasteiger partial charge in [0.25, 0.3) is 0 Å². The maximum Gasteiger partial charge on any atom is 0.416 e. The SMILES string of the molecule is COc1ccc(CN2C(=O)N(CC(=O)Nc3ccc(C(F)(F)F)cc3)CC23CCNCC3)cc1.Cl. The van der Waals surface area contributed by atoms with Crippen molar-refractivity contribution in [3.63, 3.8) is 0 Å². The number of halogens is 4. The highest BCUT2D eigenvalue weighted by Gasteiger charge is 2.50. The van der Waals surface area contributed by atoms with E-state index in [0.29, 0.717) is 13.1 Å². The number of anilines is 1. The summed E-state index contributed by atoms with van der Waals surface area (Å²) in [5.41, 5.74) is 0.0401. The molecule has 4 rings (SSSR count). The number of urea groups is 1. The first-order chi connectivity index (χ1) is 16.2. The van der Waals surface area contributed by atoms with Crippen LogP contribution in [-0.2, 0) is 17.5 Å². The Morgan fingerprint density at radius 2 is 1.71 bits per heavy atom. The largest absolute Gasteiger partial charge is 0.497 e. The average Bonchev–Trinajstić information content (AvgIpc) is 3.04. The molecule has 0 atom stereocenters. The Labute approximate surface area is 208 Å². The highest BCUT2D eigenvalue weighted by molar-refractivity contribution is 5.95. The molecule has 7 nitrogen and oxygen atoms in total. The van der Waals surface area contributed by atoms with Gasteiger partial charge in [0.1, 0.15) is 12.3 Å². The van der Waals surface area contributed by atoms with Crippen molar-refractivity contribution in [1.82, 2.24) is 15.1 Å². The lowest BCUT2D eigenvalue weighted by Gasteiger charge is -2.40. The molecule has 0 unspecified atom stereocenters. The van der Waals surface area contributed by atoms with Gasteiger partial charge in [-0.05, 0) is 67.9 Å². The van der Waals surface area contributed by atoms with Gasteiger partial charge in [0, 0.05) is 18.8 Å². The fourth-order valence-electron chi connectivity index (χ4n) is 4.59. The number of hydrogen-bond donors (Lipinski definition) is 2. The number of nitrogens with one attached hydrogen (secondary N) is 2. The third kappa shape index (κ3) is 5.99. The molecule has 0 radical (unpaired) electrons. The van der Waals surface area contributed by atoms with Gasteiger partial charge in [0.15, 0.2) is 0 Å². The lowest BCUT2D eigenvalue weighted by molar-refractivity contribution is -0.137. The van der Waals surface area contributed by atoms with Crippen molar-refractivity contribution in [1.29, 1.82) is 0 Å². The van der Waals surface area contributed by atoms with Gasteiger partial charge >= 0.3 is 12.2 Å². The summed E-state index contributed by atoms with van der Waals surface area (Å²) in [5, 5.41) is 5.91. The smallest absolute Gasteiger partial charge is 0.416 e. The van der Waals surface area contributed by atoms with E-state index in [4.69, 9.17) is 4.74 Å². The predicted molar refractivity (Wildman–Crippen MR) is 128 cm³/mol. The molecule has 2 fully saturated rings. The van der Waals surface area contributed by atoms with Gasteiger partial charge in [-0.1, -0.05) is 12.1 Å². The number of piperidine rings is 1. The van der Waals surface area contributed by atoms with Gasteiger partial charge in [0.2, 0.25) is 5.91 Å². The van der Waals surface area contributed by atoms with E-state index in [1.54, 1.807) is 7.11 Å². The first-order valence-electron chi connectivity index (χ1n) is 11.1. The molecule has 1 spiro atoms. The molecule has 2 N–H and O–H groups in total. The zero-order valence-corrected chi connectivity index (χ0v) is 20.0. The number of methoxy groups -OCH3 is 1. The highest BCUT2D eigenvalue weighted by atomic mass is 35.5. The quantitative estimate of drug-likeness (QED) is 0.610. The summed E-state index contributed by atoms with van der Waals surface area (Å²) in [4.78, 5) is 29.4. The number of rotatable bonds is 6. The maximum absolute atomic E-state index is 13.4. The number of benzene rings is 2. The van der Waals surface area contributed by atoms with E-state index in [-0.39, 0.29) is 36.2 Å². The van der Waals surface area contributed by atoms with E-state index in [2.05, 4.69) is 10.6 Å². The van der Waals surface area contributed by atoms with Crippen LogP contribution in [0.25, 0.3) is 0 Å². The molecule has 2 heterocycles. The van der Waals surface area contributed by atoms with Crippen LogP contribution in [0.15, 0.2) is 48.5 Å². The Balaban J connectivity index is 0.00000342. The topological polar surface area (TPSA) is 73.9 Å². The number of ether oxygens (including phenoxy) is 1. The lowest BCUT2D eigenvalue weighted by Crippen LogP contribution is -2.53. The summed E-state index contributed by atoms with van der Waals surface area (Å²) < 4.78 is 43.5. The second kappa shape index (κ2) is 10.7.